The minimum atomic E-state index is -2.79. The Labute approximate surface area is 106 Å². The summed E-state index contributed by atoms with van der Waals surface area (Å²) in [6, 6.07) is 0.548. The molecule has 1 unspecified atom stereocenters. The van der Waals surface area contributed by atoms with Gasteiger partial charge in [-0.3, -0.25) is 0 Å². The van der Waals surface area contributed by atoms with Crippen LogP contribution in [0.25, 0.3) is 0 Å². The molecule has 0 aromatic rings. The molecule has 0 amide bonds. The van der Waals surface area contributed by atoms with Gasteiger partial charge < -0.3 is 10.2 Å². The Morgan fingerprint density at radius 3 is 2.71 bits per heavy atom. The van der Waals surface area contributed by atoms with Gasteiger partial charge in [-0.15, -0.1) is 0 Å². The summed E-state index contributed by atoms with van der Waals surface area (Å²) in [4.78, 5) is 2.38. The molecule has 1 rings (SSSR count). The van der Waals surface area contributed by atoms with Gasteiger partial charge in [-0.1, -0.05) is 20.8 Å². The van der Waals surface area contributed by atoms with E-state index in [9.17, 15) is 8.42 Å². The SMILES string of the molecule is CCS(=O)(=O)CCCN1CCNC(C(C)C)C1. The molecule has 0 spiro atoms. The smallest absolute Gasteiger partial charge is 0.150 e. The van der Waals surface area contributed by atoms with E-state index in [-0.39, 0.29) is 5.75 Å². The van der Waals surface area contributed by atoms with Crippen molar-refractivity contribution in [3.8, 4) is 0 Å². The molecule has 1 saturated heterocycles. The van der Waals surface area contributed by atoms with E-state index in [1.807, 2.05) is 0 Å². The summed E-state index contributed by atoms with van der Waals surface area (Å²) in [5, 5.41) is 3.51. The molecule has 1 N–H and O–H groups in total. The number of rotatable bonds is 6. The van der Waals surface area contributed by atoms with Gasteiger partial charge in [-0.05, 0) is 18.9 Å². The van der Waals surface area contributed by atoms with Crippen LogP contribution >= 0.6 is 0 Å². The summed E-state index contributed by atoms with van der Waals surface area (Å²) in [6.07, 6.45) is 0.765. The summed E-state index contributed by atoms with van der Waals surface area (Å²) >= 11 is 0. The lowest BCUT2D eigenvalue weighted by Gasteiger charge is -2.35. The average molecular weight is 262 g/mol. The molecule has 0 saturated carbocycles. The average Bonchev–Trinajstić information content (AvgIpc) is 2.29. The lowest BCUT2D eigenvalue weighted by atomic mass is 10.0. The summed E-state index contributed by atoms with van der Waals surface area (Å²) in [5.41, 5.74) is 0. The molecule has 0 bridgehead atoms. The van der Waals surface area contributed by atoms with Crippen molar-refractivity contribution in [1.29, 1.82) is 0 Å². The van der Waals surface area contributed by atoms with Gasteiger partial charge in [0.05, 0.1) is 5.75 Å². The third-order valence-corrected chi connectivity index (χ3v) is 5.25. The molecule has 4 nitrogen and oxygen atoms in total. The van der Waals surface area contributed by atoms with Crippen LogP contribution in [0.1, 0.15) is 27.2 Å². The first-order valence-corrected chi connectivity index (χ1v) is 8.43. The van der Waals surface area contributed by atoms with E-state index >= 15 is 0 Å². The zero-order valence-electron chi connectivity index (χ0n) is 11.3. The third-order valence-electron chi connectivity index (χ3n) is 3.46. The highest BCUT2D eigenvalue weighted by Gasteiger charge is 2.21. The van der Waals surface area contributed by atoms with E-state index in [0.29, 0.717) is 17.7 Å². The summed E-state index contributed by atoms with van der Waals surface area (Å²) < 4.78 is 22.8. The largest absolute Gasteiger partial charge is 0.311 e. The van der Waals surface area contributed by atoms with Crippen LogP contribution in [-0.2, 0) is 9.84 Å². The van der Waals surface area contributed by atoms with E-state index < -0.39 is 9.84 Å². The van der Waals surface area contributed by atoms with Crippen LogP contribution in [0, 0.1) is 5.92 Å². The lowest BCUT2D eigenvalue weighted by Crippen LogP contribution is -2.53. The second-order valence-electron chi connectivity index (χ2n) is 5.20. The number of nitrogens with zero attached hydrogens (tertiary/aromatic N) is 1. The van der Waals surface area contributed by atoms with Gasteiger partial charge in [-0.25, -0.2) is 8.42 Å². The molecule has 1 heterocycles. The number of nitrogens with one attached hydrogen (secondary N) is 1. The molecular weight excluding hydrogens is 236 g/mol. The summed E-state index contributed by atoms with van der Waals surface area (Å²) in [6.45, 7) is 10.2. The molecule has 1 aliphatic rings. The predicted molar refractivity (Wildman–Crippen MR) is 72.0 cm³/mol. The lowest BCUT2D eigenvalue weighted by molar-refractivity contribution is 0.176. The van der Waals surface area contributed by atoms with E-state index in [1.54, 1.807) is 6.92 Å². The second-order valence-corrected chi connectivity index (χ2v) is 7.67. The molecule has 0 aromatic heterocycles. The van der Waals surface area contributed by atoms with Crippen LogP contribution in [0.5, 0.6) is 0 Å². The maximum atomic E-state index is 11.4. The number of hydrogen-bond acceptors (Lipinski definition) is 4. The Morgan fingerprint density at radius 2 is 2.12 bits per heavy atom. The van der Waals surface area contributed by atoms with Crippen molar-refractivity contribution in [3.05, 3.63) is 0 Å². The Balaban J connectivity index is 2.28. The molecule has 5 heteroatoms. The Hall–Kier alpha value is -0.130. The number of hydrogen-bond donors (Lipinski definition) is 1. The summed E-state index contributed by atoms with van der Waals surface area (Å²) in [5.74, 6) is 1.24. The van der Waals surface area contributed by atoms with Gasteiger partial charge in [0.15, 0.2) is 0 Å². The maximum absolute atomic E-state index is 11.4. The highest BCUT2D eigenvalue weighted by molar-refractivity contribution is 7.91. The van der Waals surface area contributed by atoms with Crippen LogP contribution in [-0.4, -0.2) is 57.0 Å². The van der Waals surface area contributed by atoms with Gasteiger partial charge in [0.25, 0.3) is 0 Å². The quantitative estimate of drug-likeness (QED) is 0.767. The maximum Gasteiger partial charge on any atom is 0.150 e. The molecule has 102 valence electrons. The molecule has 0 radical (unpaired) electrons. The van der Waals surface area contributed by atoms with E-state index in [1.165, 1.54) is 0 Å². The van der Waals surface area contributed by atoms with Crippen LogP contribution in [0.2, 0.25) is 0 Å². The predicted octanol–water partition coefficient (Wildman–Crippen LogP) is 0.741. The zero-order valence-corrected chi connectivity index (χ0v) is 12.1. The van der Waals surface area contributed by atoms with Gasteiger partial charge in [0.1, 0.15) is 9.84 Å². The first-order valence-electron chi connectivity index (χ1n) is 6.60. The van der Waals surface area contributed by atoms with Crippen molar-refractivity contribution in [2.75, 3.05) is 37.7 Å². The molecule has 1 aliphatic heterocycles. The second kappa shape index (κ2) is 6.71. The van der Waals surface area contributed by atoms with Crippen molar-refractivity contribution < 1.29 is 8.42 Å². The fraction of sp³-hybridized carbons (Fsp3) is 1.00. The molecule has 0 aliphatic carbocycles. The first kappa shape index (κ1) is 14.9. The zero-order chi connectivity index (χ0) is 12.9. The fourth-order valence-corrected chi connectivity index (χ4v) is 3.00. The normalized spacial score (nSPS) is 23.2. The van der Waals surface area contributed by atoms with Crippen molar-refractivity contribution in [2.24, 2.45) is 5.92 Å². The molecular formula is C12H26N2O2S. The Morgan fingerprint density at radius 1 is 1.41 bits per heavy atom. The fourth-order valence-electron chi connectivity index (χ4n) is 2.14. The van der Waals surface area contributed by atoms with E-state index in [4.69, 9.17) is 0 Å². The van der Waals surface area contributed by atoms with Crippen LogP contribution in [0.3, 0.4) is 0 Å². The number of sulfone groups is 1. The highest BCUT2D eigenvalue weighted by atomic mass is 32.2. The van der Waals surface area contributed by atoms with Crippen molar-refractivity contribution >= 4 is 9.84 Å². The minimum absolute atomic E-state index is 0.267. The minimum Gasteiger partial charge on any atom is -0.311 e. The molecule has 1 fully saturated rings. The van der Waals surface area contributed by atoms with Gasteiger partial charge >= 0.3 is 0 Å². The van der Waals surface area contributed by atoms with Gasteiger partial charge in [0.2, 0.25) is 0 Å². The Bertz CT molecular complexity index is 314. The monoisotopic (exact) mass is 262 g/mol. The molecule has 1 atom stereocenters. The Kier molecular flexibility index (Phi) is 5.89. The van der Waals surface area contributed by atoms with E-state index in [0.717, 1.165) is 32.6 Å². The van der Waals surface area contributed by atoms with Crippen molar-refractivity contribution in [2.45, 2.75) is 33.2 Å². The van der Waals surface area contributed by atoms with Gasteiger partial charge in [0, 0.05) is 31.4 Å². The van der Waals surface area contributed by atoms with Crippen molar-refractivity contribution in [1.82, 2.24) is 10.2 Å². The number of piperazine rings is 1. The standard InChI is InChI=1S/C12H26N2O2S/c1-4-17(15,16)9-5-7-14-8-6-13-12(10-14)11(2)3/h11-13H,4-10H2,1-3H3. The topological polar surface area (TPSA) is 49.4 Å². The van der Waals surface area contributed by atoms with Gasteiger partial charge in [-0.2, -0.15) is 0 Å². The van der Waals surface area contributed by atoms with Crippen LogP contribution < -0.4 is 5.32 Å². The highest BCUT2D eigenvalue weighted by Crippen LogP contribution is 2.08. The van der Waals surface area contributed by atoms with Crippen LogP contribution in [0.15, 0.2) is 0 Å². The van der Waals surface area contributed by atoms with Crippen LogP contribution in [0.4, 0.5) is 0 Å². The molecule has 17 heavy (non-hydrogen) atoms. The van der Waals surface area contributed by atoms with Crippen molar-refractivity contribution in [3.63, 3.8) is 0 Å². The molecule has 0 aromatic carbocycles. The summed E-state index contributed by atoms with van der Waals surface area (Å²) in [7, 11) is -2.79. The third kappa shape index (κ3) is 5.36. The van der Waals surface area contributed by atoms with E-state index in [2.05, 4.69) is 24.1 Å². The first-order chi connectivity index (χ1) is 7.94.